The molecule has 1 unspecified atom stereocenters. The minimum atomic E-state index is 0.368. The van der Waals surface area contributed by atoms with Crippen LogP contribution in [0.4, 0.5) is 0 Å². The molecule has 0 spiro atoms. The first kappa shape index (κ1) is 8.52. The molecule has 4 atom stereocenters. The zero-order valence-corrected chi connectivity index (χ0v) is 7.87. The fourth-order valence-corrected chi connectivity index (χ4v) is 2.90. The van der Waals surface area contributed by atoms with Crippen molar-refractivity contribution in [3.8, 4) is 0 Å². The zero-order valence-electron chi connectivity index (χ0n) is 7.87. The number of hydrogen-bond acceptors (Lipinski definition) is 2. The van der Waals surface area contributed by atoms with Gasteiger partial charge in [0.05, 0.1) is 6.61 Å². The Kier molecular flexibility index (Phi) is 2.37. The maximum absolute atomic E-state index is 9.13. The minimum absolute atomic E-state index is 0.368. The van der Waals surface area contributed by atoms with E-state index in [9.17, 15) is 0 Å². The standard InChI is InChI=1S/C10H19NO/c1-2-8-6-11-4-3-9(8)5-10(11)7-12/h8-10,12H,2-7H2,1H3/t8-,9+,10-/m1/s1. The molecule has 0 aromatic rings. The molecule has 1 N–H and O–H groups in total. The molecule has 2 nitrogen and oxygen atoms in total. The van der Waals surface area contributed by atoms with Crippen molar-refractivity contribution in [1.82, 2.24) is 4.90 Å². The molecule has 2 bridgehead atoms. The van der Waals surface area contributed by atoms with E-state index in [-0.39, 0.29) is 0 Å². The third-order valence-electron chi connectivity index (χ3n) is 3.75. The first-order chi connectivity index (χ1) is 5.85. The second-order valence-electron chi connectivity index (χ2n) is 4.28. The van der Waals surface area contributed by atoms with Gasteiger partial charge in [-0.05, 0) is 31.2 Å². The summed E-state index contributed by atoms with van der Waals surface area (Å²) in [5.74, 6) is 1.83. The topological polar surface area (TPSA) is 23.5 Å². The monoisotopic (exact) mass is 169 g/mol. The number of hydrogen-bond donors (Lipinski definition) is 1. The largest absolute Gasteiger partial charge is 0.395 e. The van der Waals surface area contributed by atoms with Crippen LogP contribution in [-0.4, -0.2) is 35.7 Å². The highest BCUT2D eigenvalue weighted by molar-refractivity contribution is 4.91. The van der Waals surface area contributed by atoms with Crippen LogP contribution >= 0.6 is 0 Å². The average Bonchev–Trinajstić information content (AvgIpc) is 2.18. The van der Waals surface area contributed by atoms with Crippen LogP contribution in [0.3, 0.4) is 0 Å². The second-order valence-corrected chi connectivity index (χ2v) is 4.28. The van der Waals surface area contributed by atoms with Crippen LogP contribution in [0.1, 0.15) is 26.2 Å². The van der Waals surface area contributed by atoms with E-state index in [1.807, 2.05) is 0 Å². The Morgan fingerprint density at radius 3 is 2.83 bits per heavy atom. The van der Waals surface area contributed by atoms with Crippen LogP contribution in [0, 0.1) is 11.8 Å². The maximum atomic E-state index is 9.13. The summed E-state index contributed by atoms with van der Waals surface area (Å²) in [4.78, 5) is 2.48. The van der Waals surface area contributed by atoms with Gasteiger partial charge in [0.25, 0.3) is 0 Å². The summed E-state index contributed by atoms with van der Waals surface area (Å²) >= 11 is 0. The summed E-state index contributed by atoms with van der Waals surface area (Å²) in [7, 11) is 0. The highest BCUT2D eigenvalue weighted by atomic mass is 16.3. The molecule has 0 aromatic heterocycles. The van der Waals surface area contributed by atoms with Gasteiger partial charge >= 0.3 is 0 Å². The zero-order chi connectivity index (χ0) is 8.55. The number of rotatable bonds is 2. The summed E-state index contributed by atoms with van der Waals surface area (Å²) in [5.41, 5.74) is 0. The van der Waals surface area contributed by atoms with Crippen molar-refractivity contribution in [1.29, 1.82) is 0 Å². The maximum Gasteiger partial charge on any atom is 0.0586 e. The fourth-order valence-electron chi connectivity index (χ4n) is 2.90. The molecule has 3 saturated heterocycles. The molecule has 0 aromatic carbocycles. The van der Waals surface area contributed by atoms with Crippen LogP contribution in [-0.2, 0) is 0 Å². The third kappa shape index (κ3) is 1.27. The summed E-state index contributed by atoms with van der Waals surface area (Å²) in [6.45, 7) is 5.13. The SMILES string of the molecule is CC[C@@H]1CN2CC[C@H]1C[C@@H]2CO. The van der Waals surface area contributed by atoms with E-state index < -0.39 is 0 Å². The van der Waals surface area contributed by atoms with Crippen molar-refractivity contribution < 1.29 is 5.11 Å². The first-order valence-electron chi connectivity index (χ1n) is 5.20. The molecule has 2 heteroatoms. The third-order valence-corrected chi connectivity index (χ3v) is 3.75. The van der Waals surface area contributed by atoms with Gasteiger partial charge < -0.3 is 5.11 Å². The van der Waals surface area contributed by atoms with Crippen molar-refractivity contribution in [3.05, 3.63) is 0 Å². The van der Waals surface area contributed by atoms with Gasteiger partial charge in [0.1, 0.15) is 0 Å². The second kappa shape index (κ2) is 3.35. The smallest absolute Gasteiger partial charge is 0.0586 e. The number of aliphatic hydroxyl groups excluding tert-OH is 1. The Morgan fingerprint density at radius 2 is 2.33 bits per heavy atom. The lowest BCUT2D eigenvalue weighted by atomic mass is 9.75. The Bertz CT molecular complexity index is 142. The summed E-state index contributed by atoms with van der Waals surface area (Å²) in [6, 6.07) is 0.492. The Morgan fingerprint density at radius 1 is 1.50 bits per heavy atom. The van der Waals surface area contributed by atoms with Crippen LogP contribution < -0.4 is 0 Å². The molecule has 0 radical (unpaired) electrons. The van der Waals surface area contributed by atoms with Crippen molar-refractivity contribution >= 4 is 0 Å². The van der Waals surface area contributed by atoms with Gasteiger partial charge in [-0.2, -0.15) is 0 Å². The van der Waals surface area contributed by atoms with Gasteiger partial charge in [-0.25, -0.2) is 0 Å². The molecule has 70 valence electrons. The highest BCUT2D eigenvalue weighted by Gasteiger charge is 2.38. The van der Waals surface area contributed by atoms with E-state index in [2.05, 4.69) is 11.8 Å². The molecule has 0 aliphatic carbocycles. The van der Waals surface area contributed by atoms with Crippen molar-refractivity contribution in [2.24, 2.45) is 11.8 Å². The molecule has 3 fully saturated rings. The fraction of sp³-hybridized carbons (Fsp3) is 1.00. The van der Waals surface area contributed by atoms with Gasteiger partial charge in [-0.1, -0.05) is 13.3 Å². The number of fused-ring (bicyclic) bond motifs is 3. The molecule has 0 saturated carbocycles. The molecule has 0 amide bonds. The molecular weight excluding hydrogens is 150 g/mol. The van der Waals surface area contributed by atoms with Crippen molar-refractivity contribution in [2.75, 3.05) is 19.7 Å². The Hall–Kier alpha value is -0.0800. The summed E-state index contributed by atoms with van der Waals surface area (Å²) < 4.78 is 0. The van der Waals surface area contributed by atoms with E-state index in [0.717, 1.165) is 11.8 Å². The predicted octanol–water partition coefficient (Wildman–Crippen LogP) is 1.10. The van der Waals surface area contributed by atoms with Gasteiger partial charge in [0, 0.05) is 12.6 Å². The predicted molar refractivity (Wildman–Crippen MR) is 49.0 cm³/mol. The van der Waals surface area contributed by atoms with E-state index in [1.165, 1.54) is 32.4 Å². The quantitative estimate of drug-likeness (QED) is 0.669. The lowest BCUT2D eigenvalue weighted by Crippen LogP contribution is -2.54. The summed E-state index contributed by atoms with van der Waals surface area (Å²) in [5, 5.41) is 9.13. The van der Waals surface area contributed by atoms with Crippen LogP contribution in [0.15, 0.2) is 0 Å². The van der Waals surface area contributed by atoms with Gasteiger partial charge in [-0.3, -0.25) is 4.90 Å². The van der Waals surface area contributed by atoms with Gasteiger partial charge in [0.15, 0.2) is 0 Å². The number of nitrogens with zero attached hydrogens (tertiary/aromatic N) is 1. The van der Waals surface area contributed by atoms with E-state index >= 15 is 0 Å². The van der Waals surface area contributed by atoms with Gasteiger partial charge in [-0.15, -0.1) is 0 Å². The van der Waals surface area contributed by atoms with Crippen LogP contribution in [0.2, 0.25) is 0 Å². The number of piperidine rings is 3. The van der Waals surface area contributed by atoms with E-state index in [4.69, 9.17) is 5.11 Å². The van der Waals surface area contributed by atoms with Crippen LogP contribution in [0.25, 0.3) is 0 Å². The van der Waals surface area contributed by atoms with Gasteiger partial charge in [0.2, 0.25) is 0 Å². The molecule has 3 rings (SSSR count). The van der Waals surface area contributed by atoms with Crippen LogP contribution in [0.5, 0.6) is 0 Å². The van der Waals surface area contributed by atoms with Crippen molar-refractivity contribution in [3.63, 3.8) is 0 Å². The summed E-state index contributed by atoms with van der Waals surface area (Å²) in [6.07, 6.45) is 3.93. The Balaban J connectivity index is 2.01. The first-order valence-corrected chi connectivity index (χ1v) is 5.20. The lowest BCUT2D eigenvalue weighted by molar-refractivity contribution is -0.0220. The van der Waals surface area contributed by atoms with E-state index in [0.29, 0.717) is 12.6 Å². The number of aliphatic hydroxyl groups is 1. The van der Waals surface area contributed by atoms with Crippen molar-refractivity contribution in [2.45, 2.75) is 32.2 Å². The normalized spacial score (nSPS) is 46.5. The Labute approximate surface area is 74.6 Å². The minimum Gasteiger partial charge on any atom is -0.395 e. The average molecular weight is 169 g/mol. The molecule has 12 heavy (non-hydrogen) atoms. The molecule has 3 aliphatic heterocycles. The molecule has 3 heterocycles. The van der Waals surface area contributed by atoms with E-state index in [1.54, 1.807) is 0 Å². The molecular formula is C10H19NO. The lowest BCUT2D eigenvalue weighted by Gasteiger charge is -2.49. The molecule has 3 aliphatic rings. The highest BCUT2D eigenvalue weighted by Crippen LogP contribution is 2.37.